The van der Waals surface area contributed by atoms with E-state index in [9.17, 15) is 4.79 Å². The maximum absolute atomic E-state index is 11.6. The van der Waals surface area contributed by atoms with E-state index in [2.05, 4.69) is 19.2 Å². The second kappa shape index (κ2) is 5.47. The predicted molar refractivity (Wildman–Crippen MR) is 59.5 cm³/mol. The molecule has 3 N–H and O–H groups in total. The number of amides is 1. The summed E-state index contributed by atoms with van der Waals surface area (Å²) in [6.45, 7) is 5.53. The van der Waals surface area contributed by atoms with Crippen molar-refractivity contribution in [1.29, 1.82) is 0 Å². The van der Waals surface area contributed by atoms with Gasteiger partial charge in [-0.1, -0.05) is 6.92 Å². The molecule has 1 rings (SSSR count). The van der Waals surface area contributed by atoms with Crippen molar-refractivity contribution in [3.63, 3.8) is 0 Å². The van der Waals surface area contributed by atoms with Crippen LogP contribution in [0.5, 0.6) is 0 Å². The third-order valence-electron chi connectivity index (χ3n) is 3.17. The van der Waals surface area contributed by atoms with Crippen molar-refractivity contribution in [2.45, 2.75) is 51.1 Å². The molecule has 1 aliphatic heterocycles. The van der Waals surface area contributed by atoms with Crippen LogP contribution >= 0.6 is 0 Å². The van der Waals surface area contributed by atoms with Crippen molar-refractivity contribution in [1.82, 2.24) is 5.32 Å². The first-order valence-corrected chi connectivity index (χ1v) is 5.76. The van der Waals surface area contributed by atoms with Crippen LogP contribution < -0.4 is 11.1 Å². The Hall–Kier alpha value is -0.610. The highest BCUT2D eigenvalue weighted by Crippen LogP contribution is 2.22. The van der Waals surface area contributed by atoms with Crippen LogP contribution in [-0.2, 0) is 9.53 Å². The molecule has 2 unspecified atom stereocenters. The number of carbonyl (C=O) groups excluding carboxylic acids is 1. The number of carbonyl (C=O) groups is 1. The molecule has 2 atom stereocenters. The SMILES string of the molecule is CCC(C)NC1(C(N)=O)CCCOCC1. The lowest BCUT2D eigenvalue weighted by atomic mass is 9.88. The summed E-state index contributed by atoms with van der Waals surface area (Å²) < 4.78 is 5.37. The minimum atomic E-state index is -0.550. The number of nitrogens with one attached hydrogen (secondary N) is 1. The molecule has 88 valence electrons. The fourth-order valence-corrected chi connectivity index (χ4v) is 1.99. The first-order chi connectivity index (χ1) is 7.10. The van der Waals surface area contributed by atoms with Crippen molar-refractivity contribution in [3.05, 3.63) is 0 Å². The summed E-state index contributed by atoms with van der Waals surface area (Å²) in [6.07, 6.45) is 3.36. The van der Waals surface area contributed by atoms with E-state index in [0.717, 1.165) is 25.9 Å². The Kier molecular flexibility index (Phi) is 4.54. The monoisotopic (exact) mass is 214 g/mol. The second-order valence-electron chi connectivity index (χ2n) is 4.37. The minimum Gasteiger partial charge on any atom is -0.381 e. The van der Waals surface area contributed by atoms with E-state index in [1.54, 1.807) is 0 Å². The Labute approximate surface area is 91.5 Å². The molecule has 1 aliphatic rings. The lowest BCUT2D eigenvalue weighted by Crippen LogP contribution is -2.58. The summed E-state index contributed by atoms with van der Waals surface area (Å²) >= 11 is 0. The maximum Gasteiger partial charge on any atom is 0.237 e. The Morgan fingerprint density at radius 3 is 2.87 bits per heavy atom. The molecule has 15 heavy (non-hydrogen) atoms. The Morgan fingerprint density at radius 1 is 1.53 bits per heavy atom. The topological polar surface area (TPSA) is 64.3 Å². The standard InChI is InChI=1S/C11H22N2O2/c1-3-9(2)13-11(10(12)14)5-4-7-15-8-6-11/h9,13H,3-8H2,1-2H3,(H2,12,14). The molecule has 1 amide bonds. The quantitative estimate of drug-likeness (QED) is 0.727. The number of hydrogen-bond acceptors (Lipinski definition) is 3. The fraction of sp³-hybridized carbons (Fsp3) is 0.909. The normalized spacial score (nSPS) is 29.5. The van der Waals surface area contributed by atoms with Crippen molar-refractivity contribution >= 4 is 5.91 Å². The molecule has 0 spiro atoms. The van der Waals surface area contributed by atoms with Gasteiger partial charge in [-0.3, -0.25) is 4.79 Å². The third kappa shape index (κ3) is 3.18. The first-order valence-electron chi connectivity index (χ1n) is 5.76. The lowest BCUT2D eigenvalue weighted by molar-refractivity contribution is -0.125. The van der Waals surface area contributed by atoms with Crippen LogP contribution in [0.25, 0.3) is 0 Å². The molecular formula is C11H22N2O2. The average Bonchev–Trinajstić information content (AvgIpc) is 2.44. The number of ether oxygens (including phenoxy) is 1. The van der Waals surface area contributed by atoms with Gasteiger partial charge >= 0.3 is 0 Å². The van der Waals surface area contributed by atoms with E-state index >= 15 is 0 Å². The van der Waals surface area contributed by atoms with Crippen LogP contribution in [0.4, 0.5) is 0 Å². The first kappa shape index (κ1) is 12.5. The molecule has 0 aromatic heterocycles. The second-order valence-corrected chi connectivity index (χ2v) is 4.37. The average molecular weight is 214 g/mol. The largest absolute Gasteiger partial charge is 0.381 e. The van der Waals surface area contributed by atoms with Gasteiger partial charge in [-0.2, -0.15) is 0 Å². The number of rotatable bonds is 4. The number of nitrogens with two attached hydrogens (primary N) is 1. The van der Waals surface area contributed by atoms with Crippen LogP contribution in [0.1, 0.15) is 39.5 Å². The Balaban J connectivity index is 2.71. The summed E-state index contributed by atoms with van der Waals surface area (Å²) in [6, 6.07) is 0.315. The highest BCUT2D eigenvalue weighted by Gasteiger charge is 2.37. The molecule has 0 saturated carbocycles. The predicted octanol–water partition coefficient (Wildman–Crippen LogP) is 0.799. The molecule has 4 nitrogen and oxygen atoms in total. The van der Waals surface area contributed by atoms with E-state index < -0.39 is 5.54 Å². The van der Waals surface area contributed by atoms with Crippen molar-refractivity contribution in [3.8, 4) is 0 Å². The Bertz CT molecular complexity index is 211. The molecule has 0 aliphatic carbocycles. The lowest BCUT2D eigenvalue weighted by Gasteiger charge is -2.33. The van der Waals surface area contributed by atoms with E-state index in [4.69, 9.17) is 10.5 Å². The molecule has 1 heterocycles. The van der Waals surface area contributed by atoms with Gasteiger partial charge in [0.25, 0.3) is 0 Å². The Morgan fingerprint density at radius 2 is 2.27 bits per heavy atom. The molecule has 1 fully saturated rings. The minimum absolute atomic E-state index is 0.242. The summed E-state index contributed by atoms with van der Waals surface area (Å²) in [4.78, 5) is 11.6. The molecule has 0 aromatic carbocycles. The van der Waals surface area contributed by atoms with Gasteiger partial charge in [0.1, 0.15) is 5.54 Å². The summed E-state index contributed by atoms with van der Waals surface area (Å²) in [5.41, 5.74) is 4.97. The maximum atomic E-state index is 11.6. The van der Waals surface area contributed by atoms with Crippen LogP contribution in [0.15, 0.2) is 0 Å². The number of primary amides is 1. The molecule has 0 bridgehead atoms. The van der Waals surface area contributed by atoms with E-state index in [0.29, 0.717) is 19.1 Å². The van der Waals surface area contributed by atoms with E-state index in [1.165, 1.54) is 0 Å². The zero-order valence-corrected chi connectivity index (χ0v) is 9.71. The molecule has 4 heteroatoms. The van der Waals surface area contributed by atoms with Gasteiger partial charge in [0.15, 0.2) is 0 Å². The van der Waals surface area contributed by atoms with Gasteiger partial charge in [0, 0.05) is 19.3 Å². The van der Waals surface area contributed by atoms with E-state index in [1.807, 2.05) is 0 Å². The molecular weight excluding hydrogens is 192 g/mol. The molecule has 0 radical (unpaired) electrons. The zero-order valence-electron chi connectivity index (χ0n) is 9.71. The molecule has 0 aromatic rings. The van der Waals surface area contributed by atoms with Crippen LogP contribution in [-0.4, -0.2) is 30.7 Å². The van der Waals surface area contributed by atoms with Crippen LogP contribution in [0, 0.1) is 0 Å². The van der Waals surface area contributed by atoms with Gasteiger partial charge in [-0.05, 0) is 32.6 Å². The van der Waals surface area contributed by atoms with Gasteiger partial charge in [-0.25, -0.2) is 0 Å². The zero-order chi connectivity index (χ0) is 11.3. The van der Waals surface area contributed by atoms with Gasteiger partial charge < -0.3 is 15.8 Å². The third-order valence-corrected chi connectivity index (χ3v) is 3.17. The highest BCUT2D eigenvalue weighted by molar-refractivity contribution is 5.84. The van der Waals surface area contributed by atoms with Gasteiger partial charge in [-0.15, -0.1) is 0 Å². The van der Waals surface area contributed by atoms with E-state index in [-0.39, 0.29) is 5.91 Å². The van der Waals surface area contributed by atoms with Crippen molar-refractivity contribution in [2.24, 2.45) is 5.73 Å². The van der Waals surface area contributed by atoms with Crippen molar-refractivity contribution < 1.29 is 9.53 Å². The van der Waals surface area contributed by atoms with Gasteiger partial charge in [0.2, 0.25) is 5.91 Å². The fourth-order valence-electron chi connectivity index (χ4n) is 1.99. The smallest absolute Gasteiger partial charge is 0.237 e. The van der Waals surface area contributed by atoms with Crippen LogP contribution in [0.2, 0.25) is 0 Å². The molecule has 1 saturated heterocycles. The highest BCUT2D eigenvalue weighted by atomic mass is 16.5. The van der Waals surface area contributed by atoms with Crippen molar-refractivity contribution in [2.75, 3.05) is 13.2 Å². The summed E-state index contributed by atoms with van der Waals surface area (Å²) in [5.74, 6) is -0.242. The number of hydrogen-bond donors (Lipinski definition) is 2. The van der Waals surface area contributed by atoms with Crippen LogP contribution in [0.3, 0.4) is 0 Å². The van der Waals surface area contributed by atoms with Gasteiger partial charge in [0.05, 0.1) is 0 Å². The summed E-state index contributed by atoms with van der Waals surface area (Å²) in [7, 11) is 0. The summed E-state index contributed by atoms with van der Waals surface area (Å²) in [5, 5.41) is 3.37.